The highest BCUT2D eigenvalue weighted by atomic mass is 19.1. The summed E-state index contributed by atoms with van der Waals surface area (Å²) >= 11 is 0. The van der Waals surface area contributed by atoms with Crippen LogP contribution in [-0.4, -0.2) is 0 Å². The van der Waals surface area contributed by atoms with Crippen LogP contribution in [0.15, 0.2) is 72.8 Å². The van der Waals surface area contributed by atoms with Crippen molar-refractivity contribution in [2.24, 2.45) is 0 Å². The molecule has 0 radical (unpaired) electrons. The summed E-state index contributed by atoms with van der Waals surface area (Å²) in [5.41, 5.74) is 3.90. The van der Waals surface area contributed by atoms with Gasteiger partial charge in [-0.1, -0.05) is 61.5 Å². The zero-order valence-corrected chi connectivity index (χ0v) is 13.0. The molecule has 0 aliphatic heterocycles. The van der Waals surface area contributed by atoms with Gasteiger partial charge in [-0.3, -0.25) is 0 Å². The smallest absolute Gasteiger partial charge is 0.126 e. The fraction of sp³-hybridized carbons (Fsp3) is 0.143. The van der Waals surface area contributed by atoms with Crippen LogP contribution in [0.2, 0.25) is 0 Å². The Bertz CT molecular complexity index is 756. The molecule has 0 saturated carbocycles. The van der Waals surface area contributed by atoms with Gasteiger partial charge in [0.15, 0.2) is 0 Å². The largest absolute Gasteiger partial charge is 0.207 e. The van der Waals surface area contributed by atoms with Crippen molar-refractivity contribution in [2.75, 3.05) is 0 Å². The van der Waals surface area contributed by atoms with E-state index in [0.717, 1.165) is 18.1 Å². The normalized spacial score (nSPS) is 12.1. The van der Waals surface area contributed by atoms with E-state index in [1.807, 2.05) is 42.5 Å². The lowest BCUT2D eigenvalue weighted by atomic mass is 9.93. The Balaban J connectivity index is 1.77. The third kappa shape index (κ3) is 3.84. The van der Waals surface area contributed by atoms with Gasteiger partial charge in [-0.15, -0.1) is 0 Å². The molecular weight excluding hydrogens is 290 g/mol. The number of rotatable bonds is 4. The highest BCUT2D eigenvalue weighted by Gasteiger charge is 2.07. The van der Waals surface area contributed by atoms with Gasteiger partial charge in [0.05, 0.1) is 0 Å². The topological polar surface area (TPSA) is 0 Å². The molecule has 1 atom stereocenters. The van der Waals surface area contributed by atoms with Crippen LogP contribution in [0, 0.1) is 11.6 Å². The second kappa shape index (κ2) is 6.74. The van der Waals surface area contributed by atoms with Crippen LogP contribution in [0.5, 0.6) is 0 Å². The van der Waals surface area contributed by atoms with Crippen molar-refractivity contribution in [3.05, 3.63) is 95.6 Å². The van der Waals surface area contributed by atoms with Crippen LogP contribution in [-0.2, 0) is 6.42 Å². The van der Waals surface area contributed by atoms with Gasteiger partial charge in [0.25, 0.3) is 0 Å². The second-order valence-electron chi connectivity index (χ2n) is 5.87. The molecule has 0 unspecified atom stereocenters. The number of hydrogen-bond donors (Lipinski definition) is 0. The molecule has 3 aromatic carbocycles. The molecule has 116 valence electrons. The lowest BCUT2D eigenvalue weighted by Gasteiger charge is -2.12. The van der Waals surface area contributed by atoms with Gasteiger partial charge in [0.2, 0.25) is 0 Å². The van der Waals surface area contributed by atoms with Gasteiger partial charge in [0.1, 0.15) is 11.6 Å². The van der Waals surface area contributed by atoms with E-state index in [4.69, 9.17) is 0 Å². The first-order chi connectivity index (χ1) is 11.1. The molecular formula is C21H18F2. The van der Waals surface area contributed by atoms with Crippen molar-refractivity contribution < 1.29 is 8.78 Å². The van der Waals surface area contributed by atoms with Gasteiger partial charge < -0.3 is 0 Å². The van der Waals surface area contributed by atoms with Crippen molar-refractivity contribution >= 4 is 0 Å². The first-order valence-electron chi connectivity index (χ1n) is 7.72. The summed E-state index contributed by atoms with van der Waals surface area (Å²) < 4.78 is 26.6. The maximum absolute atomic E-state index is 13.3. The quantitative estimate of drug-likeness (QED) is 0.556. The third-order valence-corrected chi connectivity index (χ3v) is 4.06. The van der Waals surface area contributed by atoms with Crippen LogP contribution in [0.3, 0.4) is 0 Å². The Morgan fingerprint density at radius 1 is 0.739 bits per heavy atom. The number of benzene rings is 3. The molecule has 0 aromatic heterocycles. The Labute approximate surface area is 135 Å². The lowest BCUT2D eigenvalue weighted by molar-refractivity contribution is 0.584. The molecule has 3 rings (SSSR count). The van der Waals surface area contributed by atoms with E-state index in [1.165, 1.54) is 23.3 Å². The zero-order chi connectivity index (χ0) is 16.2. The molecule has 0 heterocycles. The van der Waals surface area contributed by atoms with E-state index in [1.54, 1.807) is 0 Å². The Morgan fingerprint density at radius 2 is 1.35 bits per heavy atom. The zero-order valence-electron chi connectivity index (χ0n) is 13.0. The van der Waals surface area contributed by atoms with Crippen molar-refractivity contribution in [2.45, 2.75) is 19.3 Å². The molecule has 0 spiro atoms. The number of hydrogen-bond acceptors (Lipinski definition) is 0. The fourth-order valence-electron chi connectivity index (χ4n) is 2.81. The minimum atomic E-state index is -0.554. The molecule has 23 heavy (non-hydrogen) atoms. The molecule has 0 aliphatic rings. The molecule has 0 aliphatic carbocycles. The first kappa shape index (κ1) is 15.4. The maximum Gasteiger partial charge on any atom is 0.126 e. The van der Waals surface area contributed by atoms with E-state index in [0.29, 0.717) is 11.5 Å². The minimum Gasteiger partial charge on any atom is -0.207 e. The van der Waals surface area contributed by atoms with Gasteiger partial charge >= 0.3 is 0 Å². The average Bonchev–Trinajstić information content (AvgIpc) is 2.55. The standard InChI is InChI=1S/C21H18F2/c1-15(17-5-3-2-4-6-17)11-16-7-9-18(10-8-16)19-12-20(22)14-21(23)13-19/h2-10,12-15H,11H2,1H3/t15-/m1/s1. The van der Waals surface area contributed by atoms with E-state index in [-0.39, 0.29) is 0 Å². The van der Waals surface area contributed by atoms with E-state index < -0.39 is 11.6 Å². The molecule has 2 heteroatoms. The predicted octanol–water partition coefficient (Wildman–Crippen LogP) is 5.98. The molecule has 0 N–H and O–H groups in total. The fourth-order valence-corrected chi connectivity index (χ4v) is 2.81. The summed E-state index contributed by atoms with van der Waals surface area (Å²) in [6, 6.07) is 21.9. The molecule has 0 saturated heterocycles. The highest BCUT2D eigenvalue weighted by Crippen LogP contribution is 2.25. The van der Waals surface area contributed by atoms with Crippen molar-refractivity contribution in [1.82, 2.24) is 0 Å². The van der Waals surface area contributed by atoms with Crippen molar-refractivity contribution in [3.8, 4) is 11.1 Å². The molecule has 3 aromatic rings. The van der Waals surface area contributed by atoms with Crippen molar-refractivity contribution in [1.29, 1.82) is 0 Å². The molecule has 0 nitrogen and oxygen atoms in total. The van der Waals surface area contributed by atoms with Crippen LogP contribution in [0.1, 0.15) is 24.0 Å². The lowest BCUT2D eigenvalue weighted by Crippen LogP contribution is -1.98. The average molecular weight is 308 g/mol. The SMILES string of the molecule is C[C@H](Cc1ccc(-c2cc(F)cc(F)c2)cc1)c1ccccc1. The van der Waals surface area contributed by atoms with Gasteiger partial charge in [-0.2, -0.15) is 0 Å². The van der Waals surface area contributed by atoms with E-state index in [9.17, 15) is 8.78 Å². The summed E-state index contributed by atoms with van der Waals surface area (Å²) in [5.74, 6) is -0.683. The summed E-state index contributed by atoms with van der Waals surface area (Å²) in [5, 5.41) is 0. The maximum atomic E-state index is 13.3. The third-order valence-electron chi connectivity index (χ3n) is 4.06. The summed E-state index contributed by atoms with van der Waals surface area (Å²) in [4.78, 5) is 0. The minimum absolute atomic E-state index is 0.425. The van der Waals surface area contributed by atoms with Gasteiger partial charge in [0, 0.05) is 6.07 Å². The van der Waals surface area contributed by atoms with E-state index >= 15 is 0 Å². The second-order valence-corrected chi connectivity index (χ2v) is 5.87. The van der Waals surface area contributed by atoms with Crippen molar-refractivity contribution in [3.63, 3.8) is 0 Å². The summed E-state index contributed by atoms with van der Waals surface area (Å²) in [6.45, 7) is 2.20. The van der Waals surface area contributed by atoms with Crippen LogP contribution in [0.4, 0.5) is 8.78 Å². The van der Waals surface area contributed by atoms with Gasteiger partial charge in [-0.05, 0) is 46.7 Å². The van der Waals surface area contributed by atoms with E-state index in [2.05, 4.69) is 19.1 Å². The van der Waals surface area contributed by atoms with Crippen LogP contribution < -0.4 is 0 Å². The van der Waals surface area contributed by atoms with Crippen LogP contribution >= 0.6 is 0 Å². The number of halogens is 2. The molecule has 0 bridgehead atoms. The van der Waals surface area contributed by atoms with Gasteiger partial charge in [-0.25, -0.2) is 8.78 Å². The Morgan fingerprint density at radius 3 is 1.96 bits per heavy atom. The Kier molecular flexibility index (Phi) is 4.52. The predicted molar refractivity (Wildman–Crippen MR) is 90.4 cm³/mol. The molecule has 0 fully saturated rings. The summed E-state index contributed by atoms with van der Waals surface area (Å²) in [6.07, 6.45) is 0.932. The Hall–Kier alpha value is -2.48. The molecule has 0 amide bonds. The summed E-state index contributed by atoms with van der Waals surface area (Å²) in [7, 11) is 0. The van der Waals surface area contributed by atoms with Crippen LogP contribution in [0.25, 0.3) is 11.1 Å². The first-order valence-corrected chi connectivity index (χ1v) is 7.72. The highest BCUT2D eigenvalue weighted by molar-refractivity contribution is 5.63. The monoisotopic (exact) mass is 308 g/mol.